The van der Waals surface area contributed by atoms with Crippen LogP contribution in [0.4, 0.5) is 13.2 Å². The first-order chi connectivity index (χ1) is 5.77. The molecule has 0 heterocycles. The van der Waals surface area contributed by atoms with Crippen molar-refractivity contribution in [1.29, 1.82) is 0 Å². The van der Waals surface area contributed by atoms with Crippen LogP contribution >= 0.6 is 0 Å². The Hall–Kier alpha value is -0.510. The summed E-state index contributed by atoms with van der Waals surface area (Å²) in [5.41, 5.74) is 3.13. The molecule has 0 aromatic rings. The van der Waals surface area contributed by atoms with Crippen molar-refractivity contribution in [2.45, 2.75) is 37.9 Å². The summed E-state index contributed by atoms with van der Waals surface area (Å²) >= 11 is 0. The Balaban J connectivity index is 2.73. The summed E-state index contributed by atoms with van der Waals surface area (Å²) in [7, 11) is 0. The molecule has 1 nitrogen and oxygen atoms in total. The van der Waals surface area contributed by atoms with Crippen molar-refractivity contribution in [2.75, 3.05) is 0 Å². The summed E-state index contributed by atoms with van der Waals surface area (Å²) in [4.78, 5) is 0. The number of hydrogen-bond acceptors (Lipinski definition) is 1. The Bertz CT molecular complexity index is 213. The van der Waals surface area contributed by atoms with Gasteiger partial charge in [0.1, 0.15) is 5.54 Å². The minimum absolute atomic E-state index is 0.0309. The molecule has 0 amide bonds. The normalized spacial score (nSPS) is 23.5. The van der Waals surface area contributed by atoms with Crippen LogP contribution in [0, 0.1) is 5.92 Å². The van der Waals surface area contributed by atoms with Gasteiger partial charge in [0.15, 0.2) is 0 Å². The van der Waals surface area contributed by atoms with Crippen LogP contribution in [0.25, 0.3) is 0 Å². The zero-order chi connectivity index (χ0) is 10.3. The summed E-state index contributed by atoms with van der Waals surface area (Å²) in [6, 6.07) is 0. The van der Waals surface area contributed by atoms with Gasteiger partial charge in [-0.15, -0.1) is 0 Å². The number of alkyl halides is 3. The van der Waals surface area contributed by atoms with E-state index >= 15 is 0 Å². The van der Waals surface area contributed by atoms with Gasteiger partial charge in [0.25, 0.3) is 0 Å². The molecule has 0 aliphatic heterocycles. The Morgan fingerprint density at radius 1 is 1.38 bits per heavy atom. The van der Waals surface area contributed by atoms with Gasteiger partial charge in [-0.05, 0) is 31.3 Å². The minimum atomic E-state index is -4.39. The highest BCUT2D eigenvalue weighted by Gasteiger charge is 2.51. The molecule has 1 aliphatic carbocycles. The SMILES string of the molecule is C=C(C1CCC1)C(C)(N)C(F)(F)F. The quantitative estimate of drug-likeness (QED) is 0.670. The number of hydrogen-bond donors (Lipinski definition) is 1. The summed E-state index contributed by atoms with van der Waals surface area (Å²) in [5.74, 6) is -0.0309. The predicted molar refractivity (Wildman–Crippen MR) is 45.1 cm³/mol. The van der Waals surface area contributed by atoms with Crippen molar-refractivity contribution in [2.24, 2.45) is 11.7 Å². The van der Waals surface area contributed by atoms with E-state index in [4.69, 9.17) is 5.73 Å². The highest BCUT2D eigenvalue weighted by molar-refractivity contribution is 5.22. The third kappa shape index (κ3) is 1.73. The molecule has 13 heavy (non-hydrogen) atoms. The molecule has 0 bridgehead atoms. The second kappa shape index (κ2) is 3.01. The zero-order valence-electron chi connectivity index (χ0n) is 7.62. The van der Waals surface area contributed by atoms with Crippen molar-refractivity contribution in [1.82, 2.24) is 0 Å². The van der Waals surface area contributed by atoms with Crippen LogP contribution in [-0.2, 0) is 0 Å². The largest absolute Gasteiger partial charge is 0.409 e. The van der Waals surface area contributed by atoms with Gasteiger partial charge in [-0.2, -0.15) is 13.2 Å². The van der Waals surface area contributed by atoms with Gasteiger partial charge in [-0.1, -0.05) is 13.0 Å². The van der Waals surface area contributed by atoms with Crippen LogP contribution in [0.15, 0.2) is 12.2 Å². The lowest BCUT2D eigenvalue weighted by atomic mass is 9.73. The lowest BCUT2D eigenvalue weighted by molar-refractivity contribution is -0.172. The summed E-state index contributed by atoms with van der Waals surface area (Å²) < 4.78 is 37.3. The first kappa shape index (κ1) is 10.6. The van der Waals surface area contributed by atoms with Crippen LogP contribution in [0.2, 0.25) is 0 Å². The standard InChI is InChI=1S/C9H14F3N/c1-6(7-4-3-5-7)8(2,13)9(10,11)12/h7H,1,3-5,13H2,2H3. The molecule has 1 saturated carbocycles. The maximum atomic E-state index is 12.4. The molecule has 1 rings (SSSR count). The van der Waals surface area contributed by atoms with Crippen LogP contribution in [-0.4, -0.2) is 11.7 Å². The fourth-order valence-corrected chi connectivity index (χ4v) is 1.36. The third-order valence-electron chi connectivity index (χ3n) is 2.85. The maximum absolute atomic E-state index is 12.4. The molecular formula is C9H14F3N. The second-order valence-electron chi connectivity index (χ2n) is 3.85. The molecule has 1 atom stereocenters. The lowest BCUT2D eigenvalue weighted by Gasteiger charge is -2.38. The van der Waals surface area contributed by atoms with E-state index in [0.29, 0.717) is 0 Å². The Labute approximate surface area is 75.8 Å². The molecule has 1 aliphatic rings. The zero-order valence-corrected chi connectivity index (χ0v) is 7.62. The number of rotatable bonds is 2. The summed E-state index contributed by atoms with van der Waals surface area (Å²) in [5, 5.41) is 0. The van der Waals surface area contributed by atoms with E-state index in [0.717, 1.165) is 26.2 Å². The van der Waals surface area contributed by atoms with Crippen LogP contribution < -0.4 is 5.73 Å². The van der Waals surface area contributed by atoms with Gasteiger partial charge in [0.2, 0.25) is 0 Å². The van der Waals surface area contributed by atoms with Crippen molar-refractivity contribution in [3.8, 4) is 0 Å². The van der Waals surface area contributed by atoms with Gasteiger partial charge in [-0.3, -0.25) is 0 Å². The summed E-state index contributed by atoms with van der Waals surface area (Å²) in [6.45, 7) is 4.46. The molecule has 1 fully saturated rings. The monoisotopic (exact) mass is 193 g/mol. The Morgan fingerprint density at radius 3 is 2.08 bits per heavy atom. The van der Waals surface area contributed by atoms with Crippen molar-refractivity contribution in [3.05, 3.63) is 12.2 Å². The van der Waals surface area contributed by atoms with Gasteiger partial charge in [0, 0.05) is 0 Å². The summed E-state index contributed by atoms with van der Waals surface area (Å²) in [6.07, 6.45) is -1.82. The van der Waals surface area contributed by atoms with Crippen molar-refractivity contribution < 1.29 is 13.2 Å². The number of nitrogens with two attached hydrogens (primary N) is 1. The average Bonchev–Trinajstić information content (AvgIpc) is 1.80. The van der Waals surface area contributed by atoms with E-state index in [2.05, 4.69) is 6.58 Å². The fourth-order valence-electron chi connectivity index (χ4n) is 1.36. The first-order valence-electron chi connectivity index (χ1n) is 4.31. The van der Waals surface area contributed by atoms with Crippen LogP contribution in [0.5, 0.6) is 0 Å². The van der Waals surface area contributed by atoms with Gasteiger partial charge >= 0.3 is 6.18 Å². The first-order valence-corrected chi connectivity index (χ1v) is 4.31. The van der Waals surface area contributed by atoms with E-state index in [9.17, 15) is 13.2 Å². The van der Waals surface area contributed by atoms with E-state index in [1.165, 1.54) is 0 Å². The average molecular weight is 193 g/mol. The van der Waals surface area contributed by atoms with Crippen LogP contribution in [0.1, 0.15) is 26.2 Å². The number of halogens is 3. The minimum Gasteiger partial charge on any atom is -0.314 e. The smallest absolute Gasteiger partial charge is 0.314 e. The second-order valence-corrected chi connectivity index (χ2v) is 3.85. The molecule has 0 saturated heterocycles. The Morgan fingerprint density at radius 2 is 1.85 bits per heavy atom. The molecular weight excluding hydrogens is 179 g/mol. The molecule has 76 valence electrons. The van der Waals surface area contributed by atoms with Gasteiger partial charge in [0.05, 0.1) is 0 Å². The molecule has 1 unspecified atom stereocenters. The highest BCUT2D eigenvalue weighted by Crippen LogP contribution is 2.42. The van der Waals surface area contributed by atoms with E-state index in [1.54, 1.807) is 0 Å². The van der Waals surface area contributed by atoms with Crippen molar-refractivity contribution in [3.63, 3.8) is 0 Å². The topological polar surface area (TPSA) is 26.0 Å². The fraction of sp³-hybridized carbons (Fsp3) is 0.778. The molecule has 2 N–H and O–H groups in total. The molecule has 0 spiro atoms. The van der Waals surface area contributed by atoms with E-state index < -0.39 is 11.7 Å². The maximum Gasteiger partial charge on any atom is 0.409 e. The van der Waals surface area contributed by atoms with Crippen molar-refractivity contribution >= 4 is 0 Å². The van der Waals surface area contributed by atoms with Crippen LogP contribution in [0.3, 0.4) is 0 Å². The van der Waals surface area contributed by atoms with Gasteiger partial charge < -0.3 is 5.73 Å². The molecule has 0 aromatic heterocycles. The predicted octanol–water partition coefficient (Wildman–Crippen LogP) is 2.62. The molecule has 4 heteroatoms. The van der Waals surface area contributed by atoms with E-state index in [-0.39, 0.29) is 11.5 Å². The molecule has 0 aromatic carbocycles. The highest BCUT2D eigenvalue weighted by atomic mass is 19.4. The lowest BCUT2D eigenvalue weighted by Crippen LogP contribution is -2.54. The Kier molecular flexibility index (Phi) is 2.45. The van der Waals surface area contributed by atoms with Gasteiger partial charge in [-0.25, -0.2) is 0 Å². The molecule has 0 radical (unpaired) electrons. The van der Waals surface area contributed by atoms with E-state index in [1.807, 2.05) is 0 Å². The third-order valence-corrected chi connectivity index (χ3v) is 2.85.